The van der Waals surface area contributed by atoms with Crippen molar-refractivity contribution in [3.8, 4) is 0 Å². The number of anilines is 1. The molecule has 226 valence electrons. The molecule has 0 saturated carbocycles. The van der Waals surface area contributed by atoms with Crippen LogP contribution in [0.4, 0.5) is 5.82 Å². The monoisotopic (exact) mass is 575 g/mol. The van der Waals surface area contributed by atoms with Crippen molar-refractivity contribution in [3.63, 3.8) is 0 Å². The van der Waals surface area contributed by atoms with E-state index < -0.39 is 44.7 Å². The second-order valence-electron chi connectivity index (χ2n) is 10.5. The van der Waals surface area contributed by atoms with Crippen LogP contribution in [0.3, 0.4) is 0 Å². The Kier molecular flexibility index (Phi) is 16.4. The molecule has 11 nitrogen and oxygen atoms in total. The maximum Gasteiger partial charge on any atom is 0.472 e. The maximum atomic E-state index is 12.2. The van der Waals surface area contributed by atoms with Crippen LogP contribution in [0.2, 0.25) is 0 Å². The Labute approximate surface area is 232 Å². The quantitative estimate of drug-likeness (QED) is 0.111. The molecule has 0 amide bonds. The minimum atomic E-state index is -4.36. The summed E-state index contributed by atoms with van der Waals surface area (Å²) in [4.78, 5) is 25.5. The van der Waals surface area contributed by atoms with E-state index in [0.29, 0.717) is 6.42 Å². The second-order valence-corrected chi connectivity index (χ2v) is 11.9. The number of nitrogens with zero attached hydrogens (tertiary/aromatic N) is 2. The van der Waals surface area contributed by atoms with Gasteiger partial charge in [-0.05, 0) is 12.5 Å². The lowest BCUT2D eigenvalue weighted by Crippen LogP contribution is -2.36. The minimum Gasteiger partial charge on any atom is -0.387 e. The molecule has 1 aromatic rings. The van der Waals surface area contributed by atoms with Gasteiger partial charge in [-0.3, -0.25) is 13.6 Å². The average molecular weight is 576 g/mol. The molecule has 1 fully saturated rings. The fraction of sp³-hybridized carbons (Fsp3) is 0.852. The predicted molar refractivity (Wildman–Crippen MR) is 150 cm³/mol. The summed E-state index contributed by atoms with van der Waals surface area (Å²) in [7, 11) is -4.36. The normalized spacial score (nSPS) is 22.8. The van der Waals surface area contributed by atoms with Crippen LogP contribution in [0.1, 0.15) is 116 Å². The molecule has 1 unspecified atom stereocenters. The lowest BCUT2D eigenvalue weighted by Gasteiger charge is -2.18. The van der Waals surface area contributed by atoms with Crippen molar-refractivity contribution in [1.82, 2.24) is 9.55 Å². The van der Waals surface area contributed by atoms with Crippen molar-refractivity contribution in [1.29, 1.82) is 0 Å². The highest BCUT2D eigenvalue weighted by atomic mass is 31.2. The molecule has 0 aromatic carbocycles. The van der Waals surface area contributed by atoms with Gasteiger partial charge in [-0.25, -0.2) is 9.36 Å². The molecule has 5 atom stereocenters. The van der Waals surface area contributed by atoms with Gasteiger partial charge in [0.25, 0.3) is 0 Å². The van der Waals surface area contributed by atoms with Crippen LogP contribution in [0, 0.1) is 0 Å². The van der Waals surface area contributed by atoms with Crippen molar-refractivity contribution in [2.24, 2.45) is 0 Å². The number of ether oxygens (including phenoxy) is 1. The molecule has 0 bridgehead atoms. The molecule has 39 heavy (non-hydrogen) atoms. The molecule has 1 aliphatic rings. The van der Waals surface area contributed by atoms with Crippen LogP contribution in [0.25, 0.3) is 0 Å². The molecule has 2 heterocycles. The molecule has 1 saturated heterocycles. The van der Waals surface area contributed by atoms with Gasteiger partial charge in [0.15, 0.2) is 6.23 Å². The molecule has 5 N–H and O–H groups in total. The Morgan fingerprint density at radius 3 is 1.92 bits per heavy atom. The number of hydrogen-bond acceptors (Lipinski definition) is 9. The van der Waals surface area contributed by atoms with Gasteiger partial charge in [0.2, 0.25) is 0 Å². The molecule has 2 rings (SSSR count). The highest BCUT2D eigenvalue weighted by molar-refractivity contribution is 7.47. The van der Waals surface area contributed by atoms with Gasteiger partial charge in [-0.2, -0.15) is 4.98 Å². The molecule has 1 aliphatic heterocycles. The van der Waals surface area contributed by atoms with Crippen molar-refractivity contribution in [2.45, 2.75) is 134 Å². The number of nitrogens with two attached hydrogens (primary N) is 1. The summed E-state index contributed by atoms with van der Waals surface area (Å²) in [5, 5.41) is 20.5. The fourth-order valence-corrected chi connectivity index (χ4v) is 5.52. The summed E-state index contributed by atoms with van der Waals surface area (Å²) < 4.78 is 28.7. The summed E-state index contributed by atoms with van der Waals surface area (Å²) in [6.07, 6.45) is 15.8. The topological polar surface area (TPSA) is 166 Å². The van der Waals surface area contributed by atoms with E-state index in [2.05, 4.69) is 11.9 Å². The number of aromatic nitrogens is 2. The van der Waals surface area contributed by atoms with E-state index in [4.69, 9.17) is 19.5 Å². The first-order valence-corrected chi connectivity index (χ1v) is 16.2. The van der Waals surface area contributed by atoms with E-state index in [0.717, 1.165) is 23.8 Å². The van der Waals surface area contributed by atoms with Crippen molar-refractivity contribution < 1.29 is 33.5 Å². The zero-order valence-corrected chi connectivity index (χ0v) is 24.4. The van der Waals surface area contributed by atoms with E-state index >= 15 is 0 Å². The van der Waals surface area contributed by atoms with Gasteiger partial charge in [-0.1, -0.05) is 103 Å². The Morgan fingerprint density at radius 2 is 1.41 bits per heavy atom. The van der Waals surface area contributed by atoms with E-state index in [1.54, 1.807) is 0 Å². The Bertz CT molecular complexity index is 902. The molecule has 1 aromatic heterocycles. The van der Waals surface area contributed by atoms with Crippen LogP contribution >= 0.6 is 7.82 Å². The van der Waals surface area contributed by atoms with Crippen molar-refractivity contribution >= 4 is 13.6 Å². The third kappa shape index (κ3) is 13.3. The highest BCUT2D eigenvalue weighted by Gasteiger charge is 2.45. The number of unbranched alkanes of at least 4 members (excludes halogenated alkanes) is 15. The molecular weight excluding hydrogens is 525 g/mol. The Morgan fingerprint density at radius 1 is 0.897 bits per heavy atom. The third-order valence-corrected chi connectivity index (χ3v) is 8.10. The summed E-state index contributed by atoms with van der Waals surface area (Å²) in [6.45, 7) is 1.83. The summed E-state index contributed by atoms with van der Waals surface area (Å²) in [5.41, 5.74) is 4.70. The number of aliphatic hydroxyl groups is 2. The lowest BCUT2D eigenvalue weighted by atomic mass is 10.0. The zero-order chi connectivity index (χ0) is 28.5. The lowest BCUT2D eigenvalue weighted by molar-refractivity contribution is -0.0551. The first-order chi connectivity index (χ1) is 18.7. The fourth-order valence-electron chi connectivity index (χ4n) is 4.75. The number of nitrogen functional groups attached to an aromatic ring is 1. The molecule has 0 radical (unpaired) electrons. The minimum absolute atomic E-state index is 0.00637. The van der Waals surface area contributed by atoms with Gasteiger partial charge in [0.05, 0.1) is 13.2 Å². The molecule has 0 spiro atoms. The van der Waals surface area contributed by atoms with Gasteiger partial charge >= 0.3 is 13.5 Å². The van der Waals surface area contributed by atoms with E-state index in [-0.39, 0.29) is 12.4 Å². The molecule has 0 aliphatic carbocycles. The average Bonchev–Trinajstić information content (AvgIpc) is 3.18. The largest absolute Gasteiger partial charge is 0.472 e. The van der Waals surface area contributed by atoms with Gasteiger partial charge < -0.3 is 25.6 Å². The van der Waals surface area contributed by atoms with Crippen LogP contribution in [0.15, 0.2) is 17.1 Å². The van der Waals surface area contributed by atoms with E-state index in [1.165, 1.54) is 89.3 Å². The van der Waals surface area contributed by atoms with E-state index in [9.17, 15) is 24.5 Å². The van der Waals surface area contributed by atoms with E-state index in [1.807, 2.05) is 0 Å². The van der Waals surface area contributed by atoms with Crippen LogP contribution < -0.4 is 11.4 Å². The third-order valence-electron chi connectivity index (χ3n) is 7.12. The number of phosphoric acid groups is 1. The van der Waals surface area contributed by atoms with Gasteiger partial charge in [0, 0.05) is 6.20 Å². The van der Waals surface area contributed by atoms with Crippen LogP contribution in [-0.2, 0) is 18.3 Å². The van der Waals surface area contributed by atoms with Gasteiger partial charge in [0.1, 0.15) is 24.1 Å². The van der Waals surface area contributed by atoms with Crippen LogP contribution in [-0.4, -0.2) is 56.2 Å². The SMILES string of the molecule is CCCCCCCCCCCCCCCCCCOP(=O)(O)OC[C@H]1O[C@@H](n2ccc(N)nc2=O)[C@H](O)[C@@H]1O. The number of hydrogen-bond donors (Lipinski definition) is 4. The standard InChI is InChI=1S/C27H50N3O8P/c1-2-3-4-5-6-7-8-9-10-11-12-13-14-15-16-17-20-36-39(34,35)37-21-22-24(31)25(32)26(38-22)30-19-18-23(28)29-27(30)33/h18-19,22,24-26,31-32H,2-17,20-21H2,1H3,(H,34,35)(H2,28,29,33)/t22-,24-,25-,26-/m1/s1. The predicted octanol–water partition coefficient (Wildman–Crippen LogP) is 4.84. The smallest absolute Gasteiger partial charge is 0.387 e. The Balaban J connectivity index is 1.48. The molecule has 12 heteroatoms. The summed E-state index contributed by atoms with van der Waals surface area (Å²) in [5.74, 6) is 0.00637. The zero-order valence-electron chi connectivity index (χ0n) is 23.5. The first-order valence-electron chi connectivity index (χ1n) is 14.7. The first kappa shape index (κ1) is 33.9. The molecular formula is C27H50N3O8P. The van der Waals surface area contributed by atoms with Crippen molar-refractivity contribution in [2.75, 3.05) is 18.9 Å². The number of rotatable bonds is 22. The summed E-state index contributed by atoms with van der Waals surface area (Å²) in [6, 6.07) is 1.35. The van der Waals surface area contributed by atoms with Gasteiger partial charge in [-0.15, -0.1) is 0 Å². The number of phosphoric ester groups is 1. The number of aliphatic hydroxyl groups excluding tert-OH is 2. The van der Waals surface area contributed by atoms with Crippen molar-refractivity contribution in [3.05, 3.63) is 22.7 Å². The Hall–Kier alpha value is -1.33. The van der Waals surface area contributed by atoms with Crippen LogP contribution in [0.5, 0.6) is 0 Å². The highest BCUT2D eigenvalue weighted by Crippen LogP contribution is 2.44. The second kappa shape index (κ2) is 18.9. The maximum absolute atomic E-state index is 12.2. The summed E-state index contributed by atoms with van der Waals surface area (Å²) >= 11 is 0.